The SMILES string of the molecule is CCN1CCOC(C(NC)c2cccc3ccsc23)C1. The molecule has 1 N–H and O–H groups in total. The highest BCUT2D eigenvalue weighted by molar-refractivity contribution is 7.17. The number of fused-ring (bicyclic) bond motifs is 1. The highest BCUT2D eigenvalue weighted by atomic mass is 32.1. The van der Waals surface area contributed by atoms with Crippen molar-refractivity contribution in [2.24, 2.45) is 0 Å². The first-order valence-corrected chi connectivity index (χ1v) is 8.18. The van der Waals surface area contributed by atoms with Crippen LogP contribution in [0.2, 0.25) is 0 Å². The van der Waals surface area contributed by atoms with Crippen LogP contribution in [0, 0.1) is 0 Å². The van der Waals surface area contributed by atoms with Crippen LogP contribution in [0.15, 0.2) is 29.6 Å². The molecule has 1 aromatic heterocycles. The second-order valence-corrected chi connectivity index (χ2v) is 6.17. The third-order valence-electron chi connectivity index (χ3n) is 4.15. The Morgan fingerprint density at radius 2 is 2.35 bits per heavy atom. The summed E-state index contributed by atoms with van der Waals surface area (Å²) in [4.78, 5) is 2.47. The van der Waals surface area contributed by atoms with Crippen LogP contribution in [0.1, 0.15) is 18.5 Å². The second kappa shape index (κ2) is 6.22. The fraction of sp³-hybridized carbons (Fsp3) is 0.500. The second-order valence-electron chi connectivity index (χ2n) is 5.26. The van der Waals surface area contributed by atoms with Crippen LogP contribution in [0.5, 0.6) is 0 Å². The van der Waals surface area contributed by atoms with Crippen LogP contribution in [0.4, 0.5) is 0 Å². The molecule has 2 heterocycles. The van der Waals surface area contributed by atoms with Crippen LogP contribution in [-0.2, 0) is 4.74 Å². The topological polar surface area (TPSA) is 24.5 Å². The Morgan fingerprint density at radius 3 is 3.15 bits per heavy atom. The van der Waals surface area contributed by atoms with Gasteiger partial charge in [-0.05, 0) is 36.0 Å². The lowest BCUT2D eigenvalue weighted by atomic mass is 9.99. The van der Waals surface area contributed by atoms with Gasteiger partial charge in [0.1, 0.15) is 0 Å². The van der Waals surface area contributed by atoms with E-state index in [1.807, 2.05) is 18.4 Å². The minimum atomic E-state index is 0.224. The molecule has 1 aliphatic rings. The molecule has 0 radical (unpaired) electrons. The van der Waals surface area contributed by atoms with Crippen molar-refractivity contribution in [2.45, 2.75) is 19.1 Å². The van der Waals surface area contributed by atoms with Gasteiger partial charge in [0.05, 0.1) is 18.8 Å². The molecule has 0 bridgehead atoms. The number of ether oxygens (including phenoxy) is 1. The van der Waals surface area contributed by atoms with Crippen LogP contribution >= 0.6 is 11.3 Å². The quantitative estimate of drug-likeness (QED) is 0.937. The lowest BCUT2D eigenvalue weighted by molar-refractivity contribution is -0.0441. The molecule has 1 aliphatic heterocycles. The smallest absolute Gasteiger partial charge is 0.0897 e. The Balaban J connectivity index is 1.91. The molecule has 3 rings (SSSR count). The molecule has 20 heavy (non-hydrogen) atoms. The molecule has 108 valence electrons. The molecule has 0 amide bonds. The van der Waals surface area contributed by atoms with E-state index in [0.29, 0.717) is 0 Å². The molecule has 0 saturated carbocycles. The fourth-order valence-electron chi connectivity index (χ4n) is 3.02. The van der Waals surface area contributed by atoms with Gasteiger partial charge in [0, 0.05) is 17.8 Å². The maximum absolute atomic E-state index is 6.04. The lowest BCUT2D eigenvalue weighted by Crippen LogP contribution is -2.47. The zero-order valence-corrected chi connectivity index (χ0v) is 13.0. The van der Waals surface area contributed by atoms with Crippen molar-refractivity contribution >= 4 is 21.4 Å². The number of nitrogens with one attached hydrogen (secondary N) is 1. The number of morpholine rings is 1. The summed E-state index contributed by atoms with van der Waals surface area (Å²) >= 11 is 1.82. The molecule has 1 fully saturated rings. The lowest BCUT2D eigenvalue weighted by Gasteiger charge is -2.36. The summed E-state index contributed by atoms with van der Waals surface area (Å²) in [5, 5.41) is 6.97. The van der Waals surface area contributed by atoms with E-state index in [9.17, 15) is 0 Å². The van der Waals surface area contributed by atoms with Crippen molar-refractivity contribution < 1.29 is 4.74 Å². The van der Waals surface area contributed by atoms with Crippen LogP contribution in [0.3, 0.4) is 0 Å². The highest BCUT2D eigenvalue weighted by Gasteiger charge is 2.28. The van der Waals surface area contributed by atoms with Gasteiger partial charge >= 0.3 is 0 Å². The monoisotopic (exact) mass is 290 g/mol. The summed E-state index contributed by atoms with van der Waals surface area (Å²) < 4.78 is 7.42. The van der Waals surface area contributed by atoms with Gasteiger partial charge in [0.25, 0.3) is 0 Å². The predicted octanol–water partition coefficient (Wildman–Crippen LogP) is 2.88. The Hall–Kier alpha value is -0.940. The summed E-state index contributed by atoms with van der Waals surface area (Å²) in [6, 6.07) is 9.01. The number of thiophene rings is 1. The van der Waals surface area contributed by atoms with Crippen molar-refractivity contribution in [2.75, 3.05) is 33.3 Å². The molecule has 2 unspecified atom stereocenters. The van der Waals surface area contributed by atoms with E-state index in [2.05, 4.69) is 46.8 Å². The minimum absolute atomic E-state index is 0.224. The maximum Gasteiger partial charge on any atom is 0.0897 e. The summed E-state index contributed by atoms with van der Waals surface area (Å²) in [6.07, 6.45) is 0.224. The molecule has 0 aliphatic carbocycles. The van der Waals surface area contributed by atoms with Crippen molar-refractivity contribution in [3.63, 3.8) is 0 Å². The molecule has 2 atom stereocenters. The number of rotatable bonds is 4. The highest BCUT2D eigenvalue weighted by Crippen LogP contribution is 2.32. The van der Waals surface area contributed by atoms with Crippen molar-refractivity contribution in [3.05, 3.63) is 35.2 Å². The van der Waals surface area contributed by atoms with Crippen molar-refractivity contribution in [1.82, 2.24) is 10.2 Å². The average Bonchev–Trinajstić information content (AvgIpc) is 2.97. The van der Waals surface area contributed by atoms with Crippen molar-refractivity contribution in [1.29, 1.82) is 0 Å². The number of hydrogen-bond donors (Lipinski definition) is 1. The Morgan fingerprint density at radius 1 is 1.45 bits per heavy atom. The molecule has 1 aromatic carbocycles. The number of nitrogens with zero attached hydrogens (tertiary/aromatic N) is 1. The minimum Gasteiger partial charge on any atom is -0.374 e. The van der Waals surface area contributed by atoms with Gasteiger partial charge in [0.2, 0.25) is 0 Å². The number of likely N-dealkylation sites (N-methyl/N-ethyl adjacent to an activating group) is 2. The summed E-state index contributed by atoms with van der Waals surface area (Å²) in [5.74, 6) is 0. The van der Waals surface area contributed by atoms with Crippen LogP contribution in [0.25, 0.3) is 10.1 Å². The third kappa shape index (κ3) is 2.61. The zero-order valence-electron chi connectivity index (χ0n) is 12.1. The molecular formula is C16H22N2OS. The molecule has 1 saturated heterocycles. The molecule has 3 nitrogen and oxygen atoms in total. The van der Waals surface area contributed by atoms with Crippen LogP contribution < -0.4 is 5.32 Å². The summed E-state index contributed by atoms with van der Waals surface area (Å²) in [7, 11) is 2.03. The molecule has 4 heteroatoms. The Labute approximate surface area is 124 Å². The number of hydrogen-bond acceptors (Lipinski definition) is 4. The first kappa shape index (κ1) is 14.0. The van der Waals surface area contributed by atoms with Gasteiger partial charge in [-0.1, -0.05) is 25.1 Å². The largest absolute Gasteiger partial charge is 0.374 e. The molecule has 0 spiro atoms. The van der Waals surface area contributed by atoms with E-state index < -0.39 is 0 Å². The summed E-state index contributed by atoms with van der Waals surface area (Å²) in [5.41, 5.74) is 1.36. The Kier molecular flexibility index (Phi) is 4.36. The van der Waals surface area contributed by atoms with E-state index >= 15 is 0 Å². The van der Waals surface area contributed by atoms with Gasteiger partial charge in [-0.15, -0.1) is 11.3 Å². The van der Waals surface area contributed by atoms with Gasteiger partial charge in [0.15, 0.2) is 0 Å². The first-order chi connectivity index (χ1) is 9.83. The first-order valence-electron chi connectivity index (χ1n) is 7.30. The normalized spacial score (nSPS) is 22.2. The van der Waals surface area contributed by atoms with E-state index in [1.165, 1.54) is 15.6 Å². The van der Waals surface area contributed by atoms with Crippen molar-refractivity contribution in [3.8, 4) is 0 Å². The summed E-state index contributed by atoms with van der Waals surface area (Å²) in [6.45, 7) is 6.20. The zero-order chi connectivity index (χ0) is 13.9. The van der Waals surface area contributed by atoms with E-state index in [1.54, 1.807) is 0 Å². The van der Waals surface area contributed by atoms with Crippen LogP contribution in [-0.4, -0.2) is 44.3 Å². The predicted molar refractivity (Wildman–Crippen MR) is 85.5 cm³/mol. The van der Waals surface area contributed by atoms with E-state index in [0.717, 1.165) is 26.2 Å². The van der Waals surface area contributed by atoms with E-state index in [-0.39, 0.29) is 12.1 Å². The fourth-order valence-corrected chi connectivity index (χ4v) is 3.98. The standard InChI is InChI=1S/C16H22N2OS/c1-3-18-8-9-19-14(11-18)15(17-2)13-6-4-5-12-7-10-20-16(12)13/h4-7,10,14-15,17H,3,8-9,11H2,1-2H3. The third-order valence-corrected chi connectivity index (χ3v) is 5.13. The van der Waals surface area contributed by atoms with Gasteiger partial charge < -0.3 is 10.1 Å². The maximum atomic E-state index is 6.04. The van der Waals surface area contributed by atoms with Gasteiger partial charge in [-0.3, -0.25) is 4.90 Å². The molecule has 2 aromatic rings. The number of benzene rings is 1. The van der Waals surface area contributed by atoms with Gasteiger partial charge in [-0.25, -0.2) is 0 Å². The average molecular weight is 290 g/mol. The van der Waals surface area contributed by atoms with E-state index in [4.69, 9.17) is 4.74 Å². The Bertz CT molecular complexity index is 568. The van der Waals surface area contributed by atoms with Gasteiger partial charge in [-0.2, -0.15) is 0 Å². The molecular weight excluding hydrogens is 268 g/mol.